The van der Waals surface area contributed by atoms with E-state index in [1.807, 2.05) is 18.4 Å². The van der Waals surface area contributed by atoms with Crippen molar-refractivity contribution < 1.29 is 18.7 Å². The fourth-order valence-electron chi connectivity index (χ4n) is 5.28. The van der Waals surface area contributed by atoms with Crippen LogP contribution in [0.15, 0.2) is 29.4 Å². The third-order valence-electron chi connectivity index (χ3n) is 6.75. The van der Waals surface area contributed by atoms with Gasteiger partial charge in [-0.15, -0.1) is 10.2 Å². The van der Waals surface area contributed by atoms with Gasteiger partial charge in [0.25, 0.3) is 0 Å². The highest BCUT2D eigenvalue weighted by Gasteiger charge is 2.43. The van der Waals surface area contributed by atoms with Crippen LogP contribution in [0.1, 0.15) is 58.3 Å². The average Bonchev–Trinajstić information content (AvgIpc) is 3.52. The molecule has 10 heteroatoms. The Hall–Kier alpha value is -2.62. The molecule has 34 heavy (non-hydrogen) atoms. The van der Waals surface area contributed by atoms with Crippen molar-refractivity contribution >= 4 is 23.7 Å². The van der Waals surface area contributed by atoms with Gasteiger partial charge in [0.05, 0.1) is 5.75 Å². The summed E-state index contributed by atoms with van der Waals surface area (Å²) in [4.78, 5) is 24.1. The first kappa shape index (κ1) is 24.5. The lowest BCUT2D eigenvalue weighted by molar-refractivity contribution is -0.117. The van der Waals surface area contributed by atoms with Gasteiger partial charge in [-0.3, -0.25) is 14.7 Å². The highest BCUT2D eigenvalue weighted by molar-refractivity contribution is 7.99. The molecule has 8 nitrogen and oxygen atoms in total. The van der Waals surface area contributed by atoms with Crippen LogP contribution in [0.25, 0.3) is 0 Å². The number of para-hydroxylation sites is 1. The summed E-state index contributed by atoms with van der Waals surface area (Å²) in [5.74, 6) is 1.92. The maximum Gasteiger partial charge on any atom is 0.321 e. The maximum absolute atomic E-state index is 14.0. The number of carbonyl (C=O) groups excluding carboxylic acids is 2. The largest absolute Gasteiger partial charge is 0.483 e. The molecule has 0 radical (unpaired) electrons. The minimum atomic E-state index is -0.517. The molecular weight excluding hydrogens is 457 g/mol. The Morgan fingerprint density at radius 1 is 1.21 bits per heavy atom. The van der Waals surface area contributed by atoms with Gasteiger partial charge in [0, 0.05) is 12.1 Å². The van der Waals surface area contributed by atoms with Gasteiger partial charge in [0.2, 0.25) is 5.91 Å². The molecule has 0 saturated heterocycles. The number of imide groups is 1. The fraction of sp³-hybridized carbons (Fsp3) is 0.583. The van der Waals surface area contributed by atoms with Crippen molar-refractivity contribution in [1.82, 2.24) is 25.4 Å². The lowest BCUT2D eigenvalue weighted by atomic mass is 9.84. The van der Waals surface area contributed by atoms with Crippen LogP contribution in [0.5, 0.6) is 5.75 Å². The number of halogens is 1. The molecule has 1 heterocycles. The molecule has 3 amide bonds. The molecule has 2 saturated carbocycles. The number of ether oxygens (including phenoxy) is 1. The molecule has 2 bridgehead atoms. The summed E-state index contributed by atoms with van der Waals surface area (Å²) in [6, 6.07) is 5.81. The van der Waals surface area contributed by atoms with Gasteiger partial charge in [-0.05, 0) is 69.9 Å². The number of urea groups is 1. The minimum absolute atomic E-state index is 0.0290. The van der Waals surface area contributed by atoms with E-state index in [1.165, 1.54) is 43.5 Å². The minimum Gasteiger partial charge on any atom is -0.483 e. The molecule has 1 aromatic heterocycles. The van der Waals surface area contributed by atoms with E-state index >= 15 is 0 Å². The standard InChI is InChI=1S/C24H32FN5O3S/c1-14(2)26-23(32)27-22(31)13-34-24-29-28-21(12-33-20-7-5-4-6-19(20)25)30(24)15(3)18-11-16-8-9-17(18)10-16/h4-7,14-18H,8-13H2,1-3H3,(H2,26,27,31,32)/t15-,16+,17+,18+/m1/s1. The highest BCUT2D eigenvalue weighted by Crippen LogP contribution is 2.52. The Bertz CT molecular complexity index is 1030. The third kappa shape index (κ3) is 5.71. The monoisotopic (exact) mass is 489 g/mol. The van der Waals surface area contributed by atoms with Crippen molar-refractivity contribution in [3.05, 3.63) is 35.9 Å². The summed E-state index contributed by atoms with van der Waals surface area (Å²) in [5, 5.41) is 14.2. The smallest absolute Gasteiger partial charge is 0.321 e. The van der Waals surface area contributed by atoms with E-state index in [4.69, 9.17) is 4.74 Å². The van der Waals surface area contributed by atoms with Crippen molar-refractivity contribution in [1.29, 1.82) is 0 Å². The number of nitrogens with zero attached hydrogens (tertiary/aromatic N) is 3. The predicted octanol–water partition coefficient (Wildman–Crippen LogP) is 4.32. The van der Waals surface area contributed by atoms with Crippen molar-refractivity contribution in [2.24, 2.45) is 17.8 Å². The molecule has 2 fully saturated rings. The van der Waals surface area contributed by atoms with Crippen LogP contribution in [0.3, 0.4) is 0 Å². The molecule has 0 spiro atoms. The number of nitrogens with one attached hydrogen (secondary N) is 2. The van der Waals surface area contributed by atoms with Gasteiger partial charge in [-0.2, -0.15) is 0 Å². The van der Waals surface area contributed by atoms with E-state index in [1.54, 1.807) is 18.2 Å². The van der Waals surface area contributed by atoms with Gasteiger partial charge >= 0.3 is 6.03 Å². The van der Waals surface area contributed by atoms with Gasteiger partial charge < -0.3 is 10.1 Å². The number of fused-ring (bicyclic) bond motifs is 2. The van der Waals surface area contributed by atoms with E-state index in [-0.39, 0.29) is 30.2 Å². The SMILES string of the molecule is CC(C)NC(=O)NC(=O)CSc1nnc(COc2ccccc2F)n1[C@H](C)[C@@H]1C[C@H]2CC[C@H]1C2. The normalized spacial score (nSPS) is 22.1. The zero-order valence-corrected chi connectivity index (χ0v) is 20.6. The van der Waals surface area contributed by atoms with Gasteiger partial charge in [0.15, 0.2) is 22.5 Å². The Kier molecular flexibility index (Phi) is 7.75. The Morgan fingerprint density at radius 2 is 2.00 bits per heavy atom. The van der Waals surface area contributed by atoms with E-state index in [0.29, 0.717) is 22.8 Å². The first-order chi connectivity index (χ1) is 16.3. The number of hydrogen-bond acceptors (Lipinski definition) is 6. The summed E-state index contributed by atoms with van der Waals surface area (Å²) in [5.41, 5.74) is 0. The predicted molar refractivity (Wildman–Crippen MR) is 127 cm³/mol. The summed E-state index contributed by atoms with van der Waals surface area (Å²) in [6.45, 7) is 5.89. The molecule has 4 atom stereocenters. The quantitative estimate of drug-likeness (QED) is 0.509. The summed E-state index contributed by atoms with van der Waals surface area (Å²) in [6.07, 6.45) is 5.00. The fourth-order valence-corrected chi connectivity index (χ4v) is 6.13. The lowest BCUT2D eigenvalue weighted by Gasteiger charge is -2.30. The summed E-state index contributed by atoms with van der Waals surface area (Å²) >= 11 is 1.24. The molecule has 2 aliphatic carbocycles. The molecule has 4 rings (SSSR count). The number of benzene rings is 1. The zero-order chi connectivity index (χ0) is 24.2. The molecule has 2 aliphatic rings. The number of carbonyl (C=O) groups is 2. The molecule has 2 N–H and O–H groups in total. The Morgan fingerprint density at radius 3 is 2.68 bits per heavy atom. The summed E-state index contributed by atoms with van der Waals surface area (Å²) < 4.78 is 21.8. The lowest BCUT2D eigenvalue weighted by Crippen LogP contribution is -2.43. The van der Waals surface area contributed by atoms with Crippen molar-refractivity contribution in [3.63, 3.8) is 0 Å². The summed E-state index contributed by atoms with van der Waals surface area (Å²) in [7, 11) is 0. The van der Waals surface area contributed by atoms with Crippen molar-refractivity contribution in [2.75, 3.05) is 5.75 Å². The maximum atomic E-state index is 14.0. The molecule has 2 aromatic rings. The van der Waals surface area contributed by atoms with Gasteiger partial charge in [0.1, 0.15) is 6.61 Å². The Labute approximate surface area is 203 Å². The zero-order valence-electron chi connectivity index (χ0n) is 19.8. The highest BCUT2D eigenvalue weighted by atomic mass is 32.2. The molecule has 0 unspecified atom stereocenters. The van der Waals surface area contributed by atoms with Crippen LogP contribution in [0, 0.1) is 23.6 Å². The second-order valence-electron chi connectivity index (χ2n) is 9.53. The van der Waals surface area contributed by atoms with Gasteiger partial charge in [-0.25, -0.2) is 9.18 Å². The number of aromatic nitrogens is 3. The van der Waals surface area contributed by atoms with Crippen LogP contribution < -0.4 is 15.4 Å². The van der Waals surface area contributed by atoms with Crippen LogP contribution in [-0.2, 0) is 11.4 Å². The molecule has 0 aliphatic heterocycles. The first-order valence-electron chi connectivity index (χ1n) is 11.9. The van der Waals surface area contributed by atoms with Crippen LogP contribution in [0.2, 0.25) is 0 Å². The van der Waals surface area contributed by atoms with E-state index < -0.39 is 17.8 Å². The number of rotatable bonds is 9. The number of thioether (sulfide) groups is 1. The molecule has 1 aromatic carbocycles. The second-order valence-corrected chi connectivity index (χ2v) is 10.5. The number of hydrogen-bond donors (Lipinski definition) is 2. The van der Waals surface area contributed by atoms with Crippen molar-refractivity contribution in [2.45, 2.75) is 70.3 Å². The van der Waals surface area contributed by atoms with Crippen LogP contribution >= 0.6 is 11.8 Å². The molecular formula is C24H32FN5O3S. The van der Waals surface area contributed by atoms with Crippen LogP contribution in [-0.4, -0.2) is 38.5 Å². The third-order valence-corrected chi connectivity index (χ3v) is 7.70. The van der Waals surface area contributed by atoms with Gasteiger partial charge in [-0.1, -0.05) is 30.3 Å². The van der Waals surface area contributed by atoms with Crippen molar-refractivity contribution in [3.8, 4) is 5.75 Å². The Balaban J connectivity index is 1.48. The van der Waals surface area contributed by atoms with E-state index in [0.717, 1.165) is 5.92 Å². The number of amides is 3. The second kappa shape index (κ2) is 10.8. The molecule has 184 valence electrons. The first-order valence-corrected chi connectivity index (χ1v) is 12.8. The van der Waals surface area contributed by atoms with E-state index in [2.05, 4.69) is 27.8 Å². The van der Waals surface area contributed by atoms with E-state index in [9.17, 15) is 14.0 Å². The van der Waals surface area contributed by atoms with Crippen LogP contribution in [0.4, 0.5) is 9.18 Å². The average molecular weight is 490 g/mol. The topological polar surface area (TPSA) is 98.1 Å².